The first-order chi connectivity index (χ1) is 27.6. The highest BCUT2D eigenvalue weighted by molar-refractivity contribution is 7.90. The SMILES string of the molecule is Cc1c(C)c(S(=O)(=O)NC(N)=NCCC[C@H](NC(=O)c2cccn(Cc3ccccc3-c3ccccc3C(C)C)c2=O)C(=O)OC(C)(C)C)c(C)c2c1OC(C)(C)CC2. The number of pyridine rings is 1. The molecule has 13 heteroatoms. The molecule has 1 aliphatic rings. The summed E-state index contributed by atoms with van der Waals surface area (Å²) in [6, 6.07) is 18.0. The van der Waals surface area contributed by atoms with Gasteiger partial charge in [0.15, 0.2) is 0 Å². The zero-order valence-electron chi connectivity index (χ0n) is 36.0. The van der Waals surface area contributed by atoms with Crippen LogP contribution >= 0.6 is 0 Å². The van der Waals surface area contributed by atoms with Crippen LogP contribution in [0.3, 0.4) is 0 Å². The maximum atomic E-state index is 13.8. The molecule has 4 N–H and O–H groups in total. The molecule has 0 saturated carbocycles. The zero-order chi connectivity index (χ0) is 43.4. The Morgan fingerprint density at radius 3 is 2.31 bits per heavy atom. The number of hydrogen-bond acceptors (Lipinski definition) is 8. The number of rotatable bonds is 13. The summed E-state index contributed by atoms with van der Waals surface area (Å²) in [6.45, 7) is 19.1. The third kappa shape index (κ3) is 10.6. The van der Waals surface area contributed by atoms with E-state index in [0.29, 0.717) is 17.5 Å². The van der Waals surface area contributed by atoms with E-state index < -0.39 is 39.1 Å². The van der Waals surface area contributed by atoms with Crippen molar-refractivity contribution in [2.24, 2.45) is 10.7 Å². The Balaban J connectivity index is 1.30. The molecular formula is C46H59N5O7S. The van der Waals surface area contributed by atoms with Crippen LogP contribution in [0, 0.1) is 20.8 Å². The minimum atomic E-state index is -4.11. The number of esters is 1. The molecule has 0 unspecified atom stereocenters. The smallest absolute Gasteiger partial charge is 0.329 e. The lowest BCUT2D eigenvalue weighted by Crippen LogP contribution is -2.46. The van der Waals surface area contributed by atoms with Crippen LogP contribution in [0.15, 0.2) is 81.5 Å². The number of nitrogens with two attached hydrogens (primary N) is 1. The van der Waals surface area contributed by atoms with E-state index in [1.165, 1.54) is 16.2 Å². The molecule has 0 spiro atoms. The summed E-state index contributed by atoms with van der Waals surface area (Å²) >= 11 is 0. The summed E-state index contributed by atoms with van der Waals surface area (Å²) in [4.78, 5) is 45.3. The maximum absolute atomic E-state index is 13.8. The van der Waals surface area contributed by atoms with Crippen molar-refractivity contribution in [1.29, 1.82) is 0 Å². The van der Waals surface area contributed by atoms with Crippen LogP contribution < -0.4 is 26.1 Å². The fourth-order valence-corrected chi connectivity index (χ4v) is 9.03. The number of amides is 1. The van der Waals surface area contributed by atoms with Crippen LogP contribution in [-0.2, 0) is 32.5 Å². The first kappa shape index (κ1) is 44.7. The van der Waals surface area contributed by atoms with E-state index in [1.54, 1.807) is 46.9 Å². The van der Waals surface area contributed by atoms with E-state index in [1.807, 2.05) is 57.2 Å². The Morgan fingerprint density at radius 1 is 0.966 bits per heavy atom. The fraction of sp³-hybridized carbons (Fsp3) is 0.435. The van der Waals surface area contributed by atoms with E-state index in [4.69, 9.17) is 15.2 Å². The van der Waals surface area contributed by atoms with Crippen LogP contribution in [0.25, 0.3) is 11.1 Å². The summed E-state index contributed by atoms with van der Waals surface area (Å²) in [7, 11) is -4.11. The molecule has 1 atom stereocenters. The second-order valence-corrected chi connectivity index (χ2v) is 18.8. The monoisotopic (exact) mass is 825 g/mol. The molecule has 316 valence electrons. The summed E-state index contributed by atoms with van der Waals surface area (Å²) in [5.74, 6) is -0.705. The molecule has 0 aliphatic carbocycles. The average Bonchev–Trinajstić information content (AvgIpc) is 3.14. The van der Waals surface area contributed by atoms with Crippen molar-refractivity contribution in [3.8, 4) is 16.9 Å². The Kier molecular flexibility index (Phi) is 13.5. The number of carbonyl (C=O) groups excluding carboxylic acids is 2. The molecule has 0 saturated heterocycles. The van der Waals surface area contributed by atoms with Crippen LogP contribution in [0.5, 0.6) is 5.75 Å². The van der Waals surface area contributed by atoms with Gasteiger partial charge in [0.05, 0.1) is 11.4 Å². The predicted octanol–water partition coefficient (Wildman–Crippen LogP) is 7.23. The van der Waals surface area contributed by atoms with Gasteiger partial charge >= 0.3 is 5.97 Å². The van der Waals surface area contributed by atoms with Crippen molar-refractivity contribution in [1.82, 2.24) is 14.6 Å². The average molecular weight is 826 g/mol. The molecule has 4 aromatic rings. The Labute approximate surface area is 348 Å². The third-order valence-corrected chi connectivity index (χ3v) is 12.2. The highest BCUT2D eigenvalue weighted by Gasteiger charge is 2.34. The number of carbonyl (C=O) groups is 2. The Hall–Kier alpha value is -5.43. The standard InChI is InChI=1S/C46H59N5O7S/c1-28(2)33-18-13-14-20-36(33)35-19-12-11-17-32(35)27-51-26-16-21-37(42(51)53)41(52)49-38(43(54)58-45(6,7)8)22-15-25-48-44(47)50-59(55,56)40-30(4)29(3)39-34(31(40)5)23-24-46(9,10)57-39/h11-14,16-21,26,28,38H,15,22-25,27H2,1-10H3,(H,49,52)(H3,47,48,50)/t38-/m0/s1. The predicted molar refractivity (Wildman–Crippen MR) is 233 cm³/mol. The van der Waals surface area contributed by atoms with Crippen LogP contribution in [0.2, 0.25) is 0 Å². The van der Waals surface area contributed by atoms with Gasteiger partial charge in [-0.05, 0) is 144 Å². The molecule has 3 aromatic carbocycles. The van der Waals surface area contributed by atoms with Crippen LogP contribution in [0.4, 0.5) is 0 Å². The number of guanidine groups is 1. The largest absolute Gasteiger partial charge is 0.487 e. The van der Waals surface area contributed by atoms with Crippen molar-refractivity contribution >= 4 is 27.9 Å². The lowest BCUT2D eigenvalue weighted by molar-refractivity contribution is -0.157. The minimum absolute atomic E-state index is 0.0329. The number of nitrogens with one attached hydrogen (secondary N) is 2. The highest BCUT2D eigenvalue weighted by atomic mass is 32.2. The van der Waals surface area contributed by atoms with E-state index in [9.17, 15) is 22.8 Å². The molecule has 0 radical (unpaired) electrons. The van der Waals surface area contributed by atoms with Crippen LogP contribution in [0.1, 0.15) is 117 Å². The molecule has 0 fully saturated rings. The van der Waals surface area contributed by atoms with Gasteiger partial charge in [-0.1, -0.05) is 62.4 Å². The molecule has 0 bridgehead atoms. The topological polar surface area (TPSA) is 171 Å². The number of ether oxygens (including phenoxy) is 2. The van der Waals surface area contributed by atoms with Gasteiger partial charge < -0.3 is 25.1 Å². The number of benzene rings is 3. The highest BCUT2D eigenvalue weighted by Crippen LogP contribution is 2.42. The van der Waals surface area contributed by atoms with E-state index in [0.717, 1.165) is 40.0 Å². The molecular weight excluding hydrogens is 767 g/mol. The van der Waals surface area contributed by atoms with Crippen molar-refractivity contribution in [2.75, 3.05) is 6.54 Å². The first-order valence-corrected chi connectivity index (χ1v) is 21.6. The second kappa shape index (κ2) is 17.8. The second-order valence-electron chi connectivity index (χ2n) is 17.2. The minimum Gasteiger partial charge on any atom is -0.487 e. The lowest BCUT2D eigenvalue weighted by Gasteiger charge is -2.35. The normalized spacial score (nSPS) is 14.6. The molecule has 1 aliphatic heterocycles. The Bertz CT molecular complexity index is 2430. The number of aromatic nitrogens is 1. The quantitative estimate of drug-likeness (QED) is 0.0549. The summed E-state index contributed by atoms with van der Waals surface area (Å²) < 4.78 is 43.2. The maximum Gasteiger partial charge on any atom is 0.329 e. The molecule has 5 rings (SSSR count). The summed E-state index contributed by atoms with van der Waals surface area (Å²) in [5, 5.41) is 2.71. The molecule has 12 nitrogen and oxygen atoms in total. The van der Waals surface area contributed by atoms with Gasteiger partial charge in [-0.15, -0.1) is 0 Å². The number of hydrogen-bond donors (Lipinski definition) is 3. The van der Waals surface area contributed by atoms with E-state index in [2.05, 4.69) is 41.0 Å². The molecule has 1 amide bonds. The Morgan fingerprint density at radius 2 is 1.63 bits per heavy atom. The van der Waals surface area contributed by atoms with Gasteiger partial charge in [-0.25, -0.2) is 17.9 Å². The van der Waals surface area contributed by atoms with Gasteiger partial charge in [-0.2, -0.15) is 0 Å². The number of nitrogens with zero attached hydrogens (tertiary/aromatic N) is 2. The fourth-order valence-electron chi connectivity index (χ4n) is 7.51. The van der Waals surface area contributed by atoms with E-state index >= 15 is 0 Å². The molecule has 1 aromatic heterocycles. The van der Waals surface area contributed by atoms with Crippen molar-refractivity contribution in [2.45, 2.75) is 130 Å². The van der Waals surface area contributed by atoms with Gasteiger partial charge in [0, 0.05) is 12.7 Å². The van der Waals surface area contributed by atoms with E-state index in [-0.39, 0.29) is 53.9 Å². The molecule has 59 heavy (non-hydrogen) atoms. The number of sulfonamides is 1. The third-order valence-electron chi connectivity index (χ3n) is 10.6. The first-order valence-electron chi connectivity index (χ1n) is 20.1. The number of fused-ring (bicyclic) bond motifs is 1. The van der Waals surface area contributed by atoms with Crippen LogP contribution in [-0.4, -0.2) is 54.6 Å². The van der Waals surface area contributed by atoms with Gasteiger partial charge in [0.1, 0.15) is 28.6 Å². The van der Waals surface area contributed by atoms with Gasteiger partial charge in [-0.3, -0.25) is 14.6 Å². The summed E-state index contributed by atoms with van der Waals surface area (Å²) in [6.07, 6.45) is 3.36. The van der Waals surface area contributed by atoms with Crippen molar-refractivity contribution in [3.63, 3.8) is 0 Å². The molecule has 2 heterocycles. The summed E-state index contributed by atoms with van der Waals surface area (Å²) in [5.41, 5.74) is 11.2. The van der Waals surface area contributed by atoms with Gasteiger partial charge in [0.2, 0.25) is 5.96 Å². The lowest BCUT2D eigenvalue weighted by atomic mass is 9.88. The van der Waals surface area contributed by atoms with Gasteiger partial charge in [0.25, 0.3) is 21.5 Å². The zero-order valence-corrected chi connectivity index (χ0v) is 36.8. The van der Waals surface area contributed by atoms with Crippen molar-refractivity contribution < 1.29 is 27.5 Å². The van der Waals surface area contributed by atoms with Crippen molar-refractivity contribution in [3.05, 3.63) is 116 Å². The number of aliphatic imine (C=N–C) groups is 1.